The van der Waals surface area contributed by atoms with Gasteiger partial charge in [0, 0.05) is 32.7 Å². The molecule has 1 aliphatic heterocycles. The van der Waals surface area contributed by atoms with Gasteiger partial charge >= 0.3 is 6.03 Å². The number of piperazine rings is 1. The Morgan fingerprint density at radius 2 is 1.93 bits per heavy atom. The lowest BCUT2D eigenvalue weighted by atomic mass is 10.2. The number of hydrogen-bond acceptors (Lipinski definition) is 5. The number of hydrogen-bond donors (Lipinski definition) is 1. The zero-order chi connectivity index (χ0) is 18.6. The van der Waals surface area contributed by atoms with Gasteiger partial charge in [-0.1, -0.05) is 41.7 Å². The predicted molar refractivity (Wildman–Crippen MR) is 109 cm³/mol. The first-order chi connectivity index (χ1) is 13.2. The van der Waals surface area contributed by atoms with E-state index in [-0.39, 0.29) is 6.03 Å². The van der Waals surface area contributed by atoms with E-state index in [4.69, 9.17) is 9.72 Å². The first kappa shape index (κ1) is 17.6. The Hall–Kier alpha value is -2.80. The summed E-state index contributed by atoms with van der Waals surface area (Å²) in [7, 11) is 1.67. The molecule has 3 aromatic rings. The quantitative estimate of drug-likeness (QED) is 0.752. The third-order valence-corrected chi connectivity index (χ3v) is 5.79. The van der Waals surface area contributed by atoms with Gasteiger partial charge in [0.2, 0.25) is 0 Å². The van der Waals surface area contributed by atoms with Crippen LogP contribution in [0.25, 0.3) is 10.2 Å². The van der Waals surface area contributed by atoms with Gasteiger partial charge in [0.1, 0.15) is 5.75 Å². The van der Waals surface area contributed by atoms with E-state index in [0.717, 1.165) is 39.8 Å². The highest BCUT2D eigenvalue weighted by atomic mass is 32.1. The molecule has 0 radical (unpaired) electrons. The van der Waals surface area contributed by atoms with Crippen molar-refractivity contribution in [1.82, 2.24) is 15.2 Å². The molecule has 2 heterocycles. The molecule has 0 saturated carbocycles. The molecule has 4 rings (SSSR count). The number of carbonyl (C=O) groups excluding carboxylic acids is 1. The van der Waals surface area contributed by atoms with Crippen LogP contribution in [0.4, 0.5) is 9.93 Å². The van der Waals surface area contributed by atoms with Crippen molar-refractivity contribution in [2.75, 3.05) is 38.2 Å². The van der Waals surface area contributed by atoms with Gasteiger partial charge in [-0.2, -0.15) is 0 Å². The fraction of sp³-hybridized carbons (Fsp3) is 0.300. The summed E-state index contributed by atoms with van der Waals surface area (Å²) in [6, 6.07) is 15.9. The highest BCUT2D eigenvalue weighted by Crippen LogP contribution is 2.31. The fourth-order valence-corrected chi connectivity index (χ4v) is 4.19. The maximum atomic E-state index is 12.4. The average molecular weight is 382 g/mol. The number of nitrogens with zero attached hydrogens (tertiary/aromatic N) is 3. The maximum absolute atomic E-state index is 12.4. The molecule has 0 bridgehead atoms. The lowest BCUT2D eigenvalue weighted by Crippen LogP contribution is -2.51. The largest absolute Gasteiger partial charge is 0.497 e. The number of thiazole rings is 1. The summed E-state index contributed by atoms with van der Waals surface area (Å²) < 4.78 is 6.40. The molecule has 2 aromatic carbocycles. The van der Waals surface area contributed by atoms with Crippen molar-refractivity contribution in [3.8, 4) is 5.75 Å². The molecular formula is C20H22N4O2S. The molecule has 6 nitrogen and oxygen atoms in total. The lowest BCUT2D eigenvalue weighted by molar-refractivity contribution is 0.194. The van der Waals surface area contributed by atoms with Gasteiger partial charge < -0.3 is 19.9 Å². The summed E-state index contributed by atoms with van der Waals surface area (Å²) >= 11 is 1.67. The van der Waals surface area contributed by atoms with Crippen LogP contribution in [0.1, 0.15) is 5.56 Å². The molecule has 0 unspecified atom stereocenters. The average Bonchev–Trinajstić information content (AvgIpc) is 3.16. The molecule has 0 aliphatic carbocycles. The number of anilines is 1. The van der Waals surface area contributed by atoms with Crippen LogP contribution < -0.4 is 15.0 Å². The molecule has 0 atom stereocenters. The van der Waals surface area contributed by atoms with Crippen molar-refractivity contribution in [1.29, 1.82) is 0 Å². The van der Waals surface area contributed by atoms with E-state index in [1.54, 1.807) is 18.4 Å². The topological polar surface area (TPSA) is 57.7 Å². The number of carbonyl (C=O) groups is 1. The zero-order valence-electron chi connectivity index (χ0n) is 15.2. The Kier molecular flexibility index (Phi) is 5.11. The number of urea groups is 1. The number of methoxy groups -OCH3 is 1. The smallest absolute Gasteiger partial charge is 0.317 e. The molecule has 1 fully saturated rings. The van der Waals surface area contributed by atoms with E-state index in [0.29, 0.717) is 19.6 Å². The van der Waals surface area contributed by atoms with Gasteiger partial charge in [-0.05, 0) is 23.8 Å². The van der Waals surface area contributed by atoms with Crippen molar-refractivity contribution in [3.63, 3.8) is 0 Å². The lowest BCUT2D eigenvalue weighted by Gasteiger charge is -2.34. The summed E-state index contributed by atoms with van der Waals surface area (Å²) in [4.78, 5) is 21.2. The molecule has 7 heteroatoms. The molecule has 1 saturated heterocycles. The number of amides is 2. The van der Waals surface area contributed by atoms with Gasteiger partial charge in [0.25, 0.3) is 0 Å². The van der Waals surface area contributed by atoms with Crippen molar-refractivity contribution in [3.05, 3.63) is 54.1 Å². The standard InChI is InChI=1S/C20H22N4O2S/c1-26-16-7-8-17-18(13-16)27-20(22-17)24-11-9-23(10-12-24)19(25)21-14-15-5-3-2-4-6-15/h2-8,13H,9-12,14H2,1H3,(H,21,25). The normalized spacial score (nSPS) is 14.4. The second kappa shape index (κ2) is 7.84. The van der Waals surface area contributed by atoms with Crippen LogP contribution >= 0.6 is 11.3 Å². The number of nitrogens with one attached hydrogen (secondary N) is 1. The van der Waals surface area contributed by atoms with Crippen molar-refractivity contribution >= 4 is 32.7 Å². The van der Waals surface area contributed by atoms with Crippen LogP contribution in [-0.2, 0) is 6.54 Å². The minimum absolute atomic E-state index is 0.00691. The summed E-state index contributed by atoms with van der Waals surface area (Å²) in [5, 5.41) is 4.00. The number of aromatic nitrogens is 1. The highest BCUT2D eigenvalue weighted by Gasteiger charge is 2.23. The minimum Gasteiger partial charge on any atom is -0.497 e. The van der Waals surface area contributed by atoms with Crippen LogP contribution in [-0.4, -0.2) is 49.2 Å². The Bertz CT molecular complexity index is 920. The molecule has 1 N–H and O–H groups in total. The molecule has 2 amide bonds. The zero-order valence-corrected chi connectivity index (χ0v) is 16.0. The summed E-state index contributed by atoms with van der Waals surface area (Å²) in [5.41, 5.74) is 2.09. The molecule has 1 aliphatic rings. The SMILES string of the molecule is COc1ccc2nc(N3CCN(C(=O)NCc4ccccc4)CC3)sc2c1. The van der Waals surface area contributed by atoms with Crippen LogP contribution in [0.2, 0.25) is 0 Å². The van der Waals surface area contributed by atoms with Crippen LogP contribution in [0, 0.1) is 0 Å². The van der Waals surface area contributed by atoms with Gasteiger partial charge in [-0.25, -0.2) is 9.78 Å². The van der Waals surface area contributed by atoms with Crippen LogP contribution in [0.3, 0.4) is 0 Å². The van der Waals surface area contributed by atoms with E-state index in [1.807, 2.05) is 53.4 Å². The Morgan fingerprint density at radius 1 is 1.15 bits per heavy atom. The van der Waals surface area contributed by atoms with Gasteiger partial charge in [0.15, 0.2) is 5.13 Å². The third-order valence-electron chi connectivity index (χ3n) is 4.71. The molecule has 27 heavy (non-hydrogen) atoms. The highest BCUT2D eigenvalue weighted by molar-refractivity contribution is 7.22. The number of ether oxygens (including phenoxy) is 1. The Morgan fingerprint density at radius 3 is 2.67 bits per heavy atom. The van der Waals surface area contributed by atoms with E-state index >= 15 is 0 Å². The molecular weight excluding hydrogens is 360 g/mol. The van der Waals surface area contributed by atoms with E-state index in [9.17, 15) is 4.79 Å². The van der Waals surface area contributed by atoms with Crippen molar-refractivity contribution in [2.45, 2.75) is 6.54 Å². The fourth-order valence-electron chi connectivity index (χ4n) is 3.14. The molecule has 1 aromatic heterocycles. The van der Waals surface area contributed by atoms with Crippen LogP contribution in [0.5, 0.6) is 5.75 Å². The number of benzene rings is 2. The predicted octanol–water partition coefficient (Wildman–Crippen LogP) is 3.34. The van der Waals surface area contributed by atoms with E-state index < -0.39 is 0 Å². The monoisotopic (exact) mass is 382 g/mol. The second-order valence-corrected chi connectivity index (χ2v) is 7.46. The summed E-state index contributed by atoms with van der Waals surface area (Å²) in [6.07, 6.45) is 0. The van der Waals surface area contributed by atoms with E-state index in [2.05, 4.69) is 10.2 Å². The van der Waals surface area contributed by atoms with Gasteiger partial charge in [-0.15, -0.1) is 0 Å². The maximum Gasteiger partial charge on any atom is 0.317 e. The van der Waals surface area contributed by atoms with E-state index in [1.165, 1.54) is 0 Å². The second-order valence-electron chi connectivity index (χ2n) is 6.45. The first-order valence-electron chi connectivity index (χ1n) is 8.99. The van der Waals surface area contributed by atoms with Crippen molar-refractivity contribution in [2.24, 2.45) is 0 Å². The first-order valence-corrected chi connectivity index (χ1v) is 9.81. The number of fused-ring (bicyclic) bond motifs is 1. The number of rotatable bonds is 4. The minimum atomic E-state index is -0.00691. The third kappa shape index (κ3) is 3.98. The van der Waals surface area contributed by atoms with Gasteiger partial charge in [-0.3, -0.25) is 0 Å². The molecule has 0 spiro atoms. The summed E-state index contributed by atoms with van der Waals surface area (Å²) in [6.45, 7) is 3.52. The van der Waals surface area contributed by atoms with Gasteiger partial charge in [0.05, 0.1) is 17.3 Å². The van der Waals surface area contributed by atoms with Crippen LogP contribution in [0.15, 0.2) is 48.5 Å². The Balaban J connectivity index is 1.33. The Labute approximate surface area is 162 Å². The van der Waals surface area contributed by atoms with Crippen molar-refractivity contribution < 1.29 is 9.53 Å². The summed E-state index contributed by atoms with van der Waals surface area (Å²) in [5.74, 6) is 0.845. The molecule has 140 valence electrons.